The van der Waals surface area contributed by atoms with Crippen LogP contribution in [-0.4, -0.2) is 35.3 Å². The normalized spacial score (nSPS) is 19.2. The van der Waals surface area contributed by atoms with Gasteiger partial charge in [-0.1, -0.05) is 0 Å². The van der Waals surface area contributed by atoms with Crippen LogP contribution in [0.5, 0.6) is 0 Å². The Balaban J connectivity index is 2.12. The summed E-state index contributed by atoms with van der Waals surface area (Å²) < 4.78 is 26.1. The van der Waals surface area contributed by atoms with Crippen LogP contribution < -0.4 is 5.32 Å². The van der Waals surface area contributed by atoms with Crippen molar-refractivity contribution < 1.29 is 18.4 Å². The number of carbonyl (C=O) groups is 2. The zero-order valence-corrected chi connectivity index (χ0v) is 12.7. The summed E-state index contributed by atoms with van der Waals surface area (Å²) in [7, 11) is 0. The molecular weight excluding hydrogens is 290 g/mol. The maximum Gasteiger partial charge on any atom is 0.252 e. The third kappa shape index (κ3) is 3.61. The Morgan fingerprint density at radius 1 is 1.27 bits per heavy atom. The van der Waals surface area contributed by atoms with E-state index in [1.165, 1.54) is 6.07 Å². The Bertz CT molecular complexity index is 575. The van der Waals surface area contributed by atoms with Crippen molar-refractivity contribution in [3.8, 4) is 0 Å². The van der Waals surface area contributed by atoms with Crippen LogP contribution in [0.15, 0.2) is 18.2 Å². The van der Waals surface area contributed by atoms with Gasteiger partial charge in [0.1, 0.15) is 6.04 Å². The lowest BCUT2D eigenvalue weighted by Crippen LogP contribution is -2.49. The van der Waals surface area contributed by atoms with Crippen molar-refractivity contribution in [2.45, 2.75) is 45.2 Å². The third-order valence-electron chi connectivity index (χ3n) is 3.83. The summed E-state index contributed by atoms with van der Waals surface area (Å²) in [6, 6.07) is 2.39. The summed E-state index contributed by atoms with van der Waals surface area (Å²) in [6.45, 7) is 4.53. The molecule has 1 aliphatic heterocycles. The monoisotopic (exact) mass is 310 g/mol. The highest BCUT2D eigenvalue weighted by molar-refractivity contribution is 5.97. The van der Waals surface area contributed by atoms with E-state index in [1.807, 2.05) is 13.8 Å². The van der Waals surface area contributed by atoms with Crippen LogP contribution in [-0.2, 0) is 4.79 Å². The van der Waals surface area contributed by atoms with Gasteiger partial charge in [0.15, 0.2) is 11.6 Å². The van der Waals surface area contributed by atoms with E-state index in [2.05, 4.69) is 5.32 Å². The Kier molecular flexibility index (Phi) is 5.11. The van der Waals surface area contributed by atoms with Crippen molar-refractivity contribution >= 4 is 11.8 Å². The highest BCUT2D eigenvalue weighted by atomic mass is 19.2. The van der Waals surface area contributed by atoms with Crippen LogP contribution >= 0.6 is 0 Å². The molecule has 1 saturated heterocycles. The molecule has 1 aliphatic rings. The zero-order chi connectivity index (χ0) is 16.3. The van der Waals surface area contributed by atoms with Crippen LogP contribution in [0.4, 0.5) is 8.78 Å². The maximum absolute atomic E-state index is 13.2. The maximum atomic E-state index is 13.2. The van der Waals surface area contributed by atoms with Gasteiger partial charge in [-0.15, -0.1) is 0 Å². The van der Waals surface area contributed by atoms with E-state index in [0.29, 0.717) is 13.0 Å². The fourth-order valence-corrected chi connectivity index (χ4v) is 2.59. The van der Waals surface area contributed by atoms with Gasteiger partial charge in [-0.3, -0.25) is 9.59 Å². The van der Waals surface area contributed by atoms with E-state index in [9.17, 15) is 18.4 Å². The number of carbonyl (C=O) groups excluding carboxylic acids is 2. The first-order chi connectivity index (χ1) is 10.4. The van der Waals surface area contributed by atoms with Crippen molar-refractivity contribution in [2.24, 2.45) is 0 Å². The number of amides is 2. The minimum atomic E-state index is -1.08. The quantitative estimate of drug-likeness (QED) is 0.932. The molecule has 1 atom stereocenters. The number of likely N-dealkylation sites (tertiary alicyclic amines) is 1. The second-order valence-electron chi connectivity index (χ2n) is 5.78. The third-order valence-corrected chi connectivity index (χ3v) is 3.83. The van der Waals surface area contributed by atoms with E-state index >= 15 is 0 Å². The number of hydrogen-bond acceptors (Lipinski definition) is 2. The Labute approximate surface area is 128 Å². The summed E-state index contributed by atoms with van der Waals surface area (Å²) in [5.41, 5.74) is 0.00652. The molecule has 1 heterocycles. The molecule has 0 radical (unpaired) electrons. The molecule has 6 heteroatoms. The lowest BCUT2D eigenvalue weighted by molar-refractivity contribution is -0.134. The Morgan fingerprint density at radius 3 is 2.64 bits per heavy atom. The summed E-state index contributed by atoms with van der Waals surface area (Å²) in [6.07, 6.45) is 2.27. The van der Waals surface area contributed by atoms with E-state index in [-0.39, 0.29) is 17.5 Å². The molecule has 0 bridgehead atoms. The van der Waals surface area contributed by atoms with Gasteiger partial charge in [0.2, 0.25) is 5.91 Å². The SMILES string of the molecule is CC(C)N1CCCCC(NC(=O)c2ccc(F)c(F)c2)C1=O. The fourth-order valence-electron chi connectivity index (χ4n) is 2.59. The number of halogens is 2. The number of nitrogens with zero attached hydrogens (tertiary/aromatic N) is 1. The largest absolute Gasteiger partial charge is 0.340 e. The van der Waals surface area contributed by atoms with Gasteiger partial charge in [0.05, 0.1) is 0 Å². The van der Waals surface area contributed by atoms with Gasteiger partial charge in [-0.25, -0.2) is 8.78 Å². The topological polar surface area (TPSA) is 49.4 Å². The molecule has 22 heavy (non-hydrogen) atoms. The second kappa shape index (κ2) is 6.85. The minimum Gasteiger partial charge on any atom is -0.340 e. The molecule has 0 aliphatic carbocycles. The molecule has 2 rings (SSSR count). The summed E-state index contributed by atoms with van der Waals surface area (Å²) in [5.74, 6) is -2.77. The molecule has 1 N–H and O–H groups in total. The van der Waals surface area contributed by atoms with Gasteiger partial charge in [-0.05, 0) is 51.3 Å². The van der Waals surface area contributed by atoms with Crippen LogP contribution in [0.1, 0.15) is 43.5 Å². The molecule has 0 spiro atoms. The molecule has 1 aromatic rings. The predicted molar refractivity (Wildman–Crippen MR) is 78.3 cm³/mol. The molecule has 2 amide bonds. The van der Waals surface area contributed by atoms with Gasteiger partial charge in [0.25, 0.3) is 5.91 Å². The van der Waals surface area contributed by atoms with Crippen LogP contribution in [0.3, 0.4) is 0 Å². The summed E-state index contributed by atoms with van der Waals surface area (Å²) in [5, 5.41) is 2.64. The van der Waals surface area contributed by atoms with E-state index in [4.69, 9.17) is 0 Å². The molecule has 0 saturated carbocycles. The van der Waals surface area contributed by atoms with Crippen molar-refractivity contribution in [1.82, 2.24) is 10.2 Å². The lowest BCUT2D eigenvalue weighted by Gasteiger charge is -2.28. The van der Waals surface area contributed by atoms with Crippen molar-refractivity contribution in [3.05, 3.63) is 35.4 Å². The van der Waals surface area contributed by atoms with Crippen molar-refractivity contribution in [3.63, 3.8) is 0 Å². The second-order valence-corrected chi connectivity index (χ2v) is 5.78. The average molecular weight is 310 g/mol. The Morgan fingerprint density at radius 2 is 2.00 bits per heavy atom. The van der Waals surface area contributed by atoms with Gasteiger partial charge in [0, 0.05) is 18.2 Å². The van der Waals surface area contributed by atoms with Gasteiger partial charge >= 0.3 is 0 Å². The predicted octanol–water partition coefficient (Wildman–Crippen LogP) is 2.48. The number of rotatable bonds is 3. The lowest BCUT2D eigenvalue weighted by atomic mass is 10.1. The number of benzene rings is 1. The summed E-state index contributed by atoms with van der Waals surface area (Å²) >= 11 is 0. The molecular formula is C16H20F2N2O2. The first kappa shape index (κ1) is 16.4. The highest BCUT2D eigenvalue weighted by Crippen LogP contribution is 2.16. The molecule has 4 nitrogen and oxygen atoms in total. The Hall–Kier alpha value is -1.98. The van der Waals surface area contributed by atoms with E-state index < -0.39 is 23.6 Å². The molecule has 120 valence electrons. The van der Waals surface area contributed by atoms with E-state index in [1.54, 1.807) is 4.90 Å². The van der Waals surface area contributed by atoms with Crippen LogP contribution in [0.2, 0.25) is 0 Å². The number of hydrogen-bond donors (Lipinski definition) is 1. The molecule has 1 fully saturated rings. The first-order valence-electron chi connectivity index (χ1n) is 7.46. The van der Waals surface area contributed by atoms with Gasteiger partial charge in [-0.2, -0.15) is 0 Å². The van der Waals surface area contributed by atoms with Crippen molar-refractivity contribution in [2.75, 3.05) is 6.54 Å². The number of nitrogens with one attached hydrogen (secondary N) is 1. The molecule has 1 unspecified atom stereocenters. The molecule has 1 aromatic carbocycles. The smallest absolute Gasteiger partial charge is 0.252 e. The standard InChI is InChI=1S/C16H20F2N2O2/c1-10(2)20-8-4-3-5-14(16(20)22)19-15(21)11-6-7-12(17)13(18)9-11/h6-7,9-10,14H,3-5,8H2,1-2H3,(H,19,21). The minimum absolute atomic E-state index is 0.00652. The summed E-state index contributed by atoms with van der Waals surface area (Å²) in [4.78, 5) is 26.3. The van der Waals surface area contributed by atoms with E-state index in [0.717, 1.165) is 25.0 Å². The van der Waals surface area contributed by atoms with Gasteiger partial charge < -0.3 is 10.2 Å². The van der Waals surface area contributed by atoms with Crippen LogP contribution in [0, 0.1) is 11.6 Å². The average Bonchev–Trinajstić information content (AvgIpc) is 2.64. The van der Waals surface area contributed by atoms with Crippen LogP contribution in [0.25, 0.3) is 0 Å². The van der Waals surface area contributed by atoms with Crippen molar-refractivity contribution in [1.29, 1.82) is 0 Å². The molecule has 0 aromatic heterocycles. The fraction of sp³-hybridized carbons (Fsp3) is 0.500. The highest BCUT2D eigenvalue weighted by Gasteiger charge is 2.29. The first-order valence-corrected chi connectivity index (χ1v) is 7.46. The zero-order valence-electron chi connectivity index (χ0n) is 12.7.